The zero-order valence-corrected chi connectivity index (χ0v) is 9.41. The van der Waals surface area contributed by atoms with Crippen molar-refractivity contribution >= 4 is 11.6 Å². The molecule has 0 aliphatic carbocycles. The van der Waals surface area contributed by atoms with Crippen LogP contribution in [-0.4, -0.2) is 11.6 Å². The van der Waals surface area contributed by atoms with Crippen molar-refractivity contribution in [1.29, 1.82) is 0 Å². The lowest BCUT2D eigenvalue weighted by atomic mass is 9.95. The lowest BCUT2D eigenvalue weighted by Crippen LogP contribution is -2.18. The van der Waals surface area contributed by atoms with Crippen LogP contribution >= 0.6 is 0 Å². The van der Waals surface area contributed by atoms with Gasteiger partial charge in [0, 0.05) is 5.56 Å². The first-order valence-corrected chi connectivity index (χ1v) is 5.19. The molecule has 1 unspecified atom stereocenters. The first-order valence-electron chi connectivity index (χ1n) is 5.19. The van der Waals surface area contributed by atoms with E-state index in [2.05, 4.69) is 6.92 Å². The number of hydrogen-bond donors (Lipinski definition) is 0. The van der Waals surface area contributed by atoms with Gasteiger partial charge < -0.3 is 0 Å². The molecule has 2 nitrogen and oxygen atoms in total. The summed E-state index contributed by atoms with van der Waals surface area (Å²) in [5.74, 6) is -0.706. The fourth-order valence-corrected chi connectivity index (χ4v) is 1.34. The predicted molar refractivity (Wildman–Crippen MR) is 60.0 cm³/mol. The number of carbonyl (C=O) groups excluding carboxylic acids is 2. The third-order valence-electron chi connectivity index (χ3n) is 2.65. The summed E-state index contributed by atoms with van der Waals surface area (Å²) in [6.45, 7) is 5.16. The molecule has 1 atom stereocenters. The first-order chi connectivity index (χ1) is 7.06. The van der Waals surface area contributed by atoms with Crippen LogP contribution in [0.2, 0.25) is 0 Å². The first kappa shape index (κ1) is 11.6. The summed E-state index contributed by atoms with van der Waals surface area (Å²) < 4.78 is 0. The molecule has 0 radical (unpaired) electrons. The quantitative estimate of drug-likeness (QED) is 0.558. The van der Waals surface area contributed by atoms with Crippen LogP contribution in [0, 0.1) is 5.92 Å². The molecule has 80 valence electrons. The fraction of sp³-hybridized carbons (Fsp3) is 0.385. The minimum atomic E-state index is -0.530. The molecule has 0 aromatic heterocycles. The van der Waals surface area contributed by atoms with Gasteiger partial charge in [0.1, 0.15) is 5.78 Å². The molecule has 0 aliphatic rings. The van der Waals surface area contributed by atoms with Gasteiger partial charge in [-0.25, -0.2) is 0 Å². The molecule has 2 heteroatoms. The molecule has 0 fully saturated rings. The maximum atomic E-state index is 11.8. The van der Waals surface area contributed by atoms with E-state index in [0.717, 1.165) is 6.42 Å². The van der Waals surface area contributed by atoms with E-state index < -0.39 is 5.92 Å². The monoisotopic (exact) mass is 204 g/mol. The van der Waals surface area contributed by atoms with Gasteiger partial charge >= 0.3 is 0 Å². The van der Waals surface area contributed by atoms with Crippen molar-refractivity contribution in [2.24, 2.45) is 5.92 Å². The normalized spacial score (nSPS) is 12.2. The van der Waals surface area contributed by atoms with Gasteiger partial charge in [0.25, 0.3) is 0 Å². The second-order valence-electron chi connectivity index (χ2n) is 3.75. The van der Waals surface area contributed by atoms with Crippen LogP contribution in [0.4, 0.5) is 0 Å². The van der Waals surface area contributed by atoms with E-state index in [1.54, 1.807) is 19.1 Å². The Hall–Kier alpha value is -1.44. The molecule has 1 rings (SSSR count). The Bertz CT molecular complexity index is 363. The number of rotatable bonds is 4. The smallest absolute Gasteiger partial charge is 0.173 e. The van der Waals surface area contributed by atoms with Gasteiger partial charge in [-0.15, -0.1) is 0 Å². The highest BCUT2D eigenvalue weighted by molar-refractivity contribution is 6.09. The molecule has 0 N–H and O–H groups in total. The number of carbonyl (C=O) groups is 2. The molecule has 0 amide bonds. The molecule has 0 heterocycles. The summed E-state index contributed by atoms with van der Waals surface area (Å²) >= 11 is 0. The third kappa shape index (κ3) is 2.75. The Morgan fingerprint density at radius 3 is 2.13 bits per heavy atom. The Morgan fingerprint density at radius 1 is 1.20 bits per heavy atom. The van der Waals surface area contributed by atoms with Gasteiger partial charge in [-0.2, -0.15) is 0 Å². The fourth-order valence-electron chi connectivity index (χ4n) is 1.34. The van der Waals surface area contributed by atoms with Crippen molar-refractivity contribution in [2.75, 3.05) is 0 Å². The Kier molecular flexibility index (Phi) is 3.78. The number of Topliss-reactive ketones (excluding diaryl/α,β-unsaturated/α-hetero) is 2. The van der Waals surface area contributed by atoms with Crippen LogP contribution in [-0.2, 0) is 11.2 Å². The van der Waals surface area contributed by atoms with E-state index in [1.807, 2.05) is 12.1 Å². The predicted octanol–water partition coefficient (Wildman–Crippen LogP) is 2.66. The Morgan fingerprint density at radius 2 is 1.73 bits per heavy atom. The van der Waals surface area contributed by atoms with E-state index in [9.17, 15) is 9.59 Å². The van der Waals surface area contributed by atoms with Crippen LogP contribution in [0.5, 0.6) is 0 Å². The molecule has 1 aromatic carbocycles. The molecule has 15 heavy (non-hydrogen) atoms. The minimum absolute atomic E-state index is 0.0837. The third-order valence-corrected chi connectivity index (χ3v) is 2.65. The number of hydrogen-bond acceptors (Lipinski definition) is 2. The molecule has 0 spiro atoms. The van der Waals surface area contributed by atoms with Crippen molar-refractivity contribution in [2.45, 2.75) is 27.2 Å². The summed E-state index contributed by atoms with van der Waals surface area (Å²) in [5, 5.41) is 0. The van der Waals surface area contributed by atoms with Crippen molar-refractivity contribution in [3.63, 3.8) is 0 Å². The van der Waals surface area contributed by atoms with Crippen molar-refractivity contribution < 1.29 is 9.59 Å². The number of benzene rings is 1. The second-order valence-corrected chi connectivity index (χ2v) is 3.75. The van der Waals surface area contributed by atoms with E-state index in [1.165, 1.54) is 12.5 Å². The van der Waals surface area contributed by atoms with Crippen LogP contribution in [0.15, 0.2) is 24.3 Å². The minimum Gasteiger partial charge on any atom is -0.299 e. The van der Waals surface area contributed by atoms with Crippen LogP contribution in [0.25, 0.3) is 0 Å². The molecule has 0 bridgehead atoms. The van der Waals surface area contributed by atoms with E-state index in [-0.39, 0.29) is 11.6 Å². The summed E-state index contributed by atoms with van der Waals surface area (Å²) in [5.41, 5.74) is 1.82. The lowest BCUT2D eigenvalue weighted by Gasteiger charge is -2.06. The Balaban J connectivity index is 2.87. The average Bonchev–Trinajstić information content (AvgIpc) is 2.27. The summed E-state index contributed by atoms with van der Waals surface area (Å²) in [6.07, 6.45) is 0.955. The number of ketones is 2. The average molecular weight is 204 g/mol. The standard InChI is InChI=1S/C13H16O2/c1-4-11-5-7-12(8-6-11)13(15)9(2)10(3)14/h5-9H,4H2,1-3H3. The summed E-state index contributed by atoms with van der Waals surface area (Å²) in [4.78, 5) is 22.8. The topological polar surface area (TPSA) is 34.1 Å². The maximum absolute atomic E-state index is 11.8. The van der Waals surface area contributed by atoms with E-state index in [0.29, 0.717) is 5.56 Å². The largest absolute Gasteiger partial charge is 0.299 e. The zero-order valence-electron chi connectivity index (χ0n) is 9.41. The molecule has 0 saturated heterocycles. The molecular formula is C13H16O2. The molecule has 1 aromatic rings. The van der Waals surface area contributed by atoms with Gasteiger partial charge in [0.15, 0.2) is 5.78 Å². The Labute approximate surface area is 90.3 Å². The highest BCUT2D eigenvalue weighted by Crippen LogP contribution is 2.11. The number of aryl methyl sites for hydroxylation is 1. The summed E-state index contributed by atoms with van der Waals surface area (Å²) in [7, 11) is 0. The van der Waals surface area contributed by atoms with Gasteiger partial charge in [0.2, 0.25) is 0 Å². The van der Waals surface area contributed by atoms with Gasteiger partial charge in [0.05, 0.1) is 5.92 Å². The van der Waals surface area contributed by atoms with E-state index in [4.69, 9.17) is 0 Å². The summed E-state index contributed by atoms with van der Waals surface area (Å²) in [6, 6.07) is 7.45. The molecular weight excluding hydrogens is 188 g/mol. The van der Waals surface area contributed by atoms with Gasteiger partial charge in [-0.05, 0) is 25.8 Å². The molecule has 0 saturated carbocycles. The van der Waals surface area contributed by atoms with Gasteiger partial charge in [-0.3, -0.25) is 9.59 Å². The van der Waals surface area contributed by atoms with Gasteiger partial charge in [-0.1, -0.05) is 31.2 Å². The lowest BCUT2D eigenvalue weighted by molar-refractivity contribution is -0.118. The maximum Gasteiger partial charge on any atom is 0.173 e. The second kappa shape index (κ2) is 4.87. The SMILES string of the molecule is CCc1ccc(C(=O)C(C)C(C)=O)cc1. The van der Waals surface area contributed by atoms with Crippen molar-refractivity contribution in [1.82, 2.24) is 0 Å². The van der Waals surface area contributed by atoms with E-state index >= 15 is 0 Å². The highest BCUT2D eigenvalue weighted by atomic mass is 16.1. The zero-order chi connectivity index (χ0) is 11.4. The van der Waals surface area contributed by atoms with Crippen LogP contribution in [0.1, 0.15) is 36.7 Å². The van der Waals surface area contributed by atoms with Crippen molar-refractivity contribution in [3.05, 3.63) is 35.4 Å². The van der Waals surface area contributed by atoms with Crippen LogP contribution in [0.3, 0.4) is 0 Å². The molecule has 0 aliphatic heterocycles. The highest BCUT2D eigenvalue weighted by Gasteiger charge is 2.18. The van der Waals surface area contributed by atoms with Crippen molar-refractivity contribution in [3.8, 4) is 0 Å². The van der Waals surface area contributed by atoms with Crippen LogP contribution < -0.4 is 0 Å².